The van der Waals surface area contributed by atoms with Gasteiger partial charge in [0.05, 0.1) is 4.92 Å². The molecule has 1 radical (unpaired) electrons. The van der Waals surface area contributed by atoms with Gasteiger partial charge < -0.3 is 0 Å². The van der Waals surface area contributed by atoms with Crippen LogP contribution in [0.5, 0.6) is 0 Å². The quantitative estimate of drug-likeness (QED) is 0.474. The van der Waals surface area contributed by atoms with E-state index in [1.807, 2.05) is 0 Å². The first-order valence-electron chi connectivity index (χ1n) is 4.25. The molecule has 0 aromatic heterocycles. The normalized spacial score (nSPS) is 11.4. The maximum Gasteiger partial charge on any atom is 0.301 e. The van der Waals surface area contributed by atoms with Crippen LogP contribution in [0.3, 0.4) is 0 Å². The SMILES string of the molecule is [NH]CCc1ccc([N+](=O)[O-])c(S(=O)(=O)O)c1. The Labute approximate surface area is 91.8 Å². The average molecular weight is 245 g/mol. The Balaban J connectivity index is 3.39. The predicted octanol–water partition coefficient (Wildman–Crippen LogP) is 0.667. The zero-order chi connectivity index (χ0) is 12.3. The fourth-order valence-electron chi connectivity index (χ4n) is 1.22. The van der Waals surface area contributed by atoms with Crippen LogP contribution in [-0.4, -0.2) is 24.4 Å². The molecule has 1 rings (SSSR count). The summed E-state index contributed by atoms with van der Waals surface area (Å²) in [4.78, 5) is 8.92. The molecular weight excluding hydrogens is 236 g/mol. The number of nitrogens with zero attached hydrogens (tertiary/aromatic N) is 1. The molecule has 16 heavy (non-hydrogen) atoms. The lowest BCUT2D eigenvalue weighted by Gasteiger charge is -2.02. The molecule has 0 unspecified atom stereocenters. The second-order valence-electron chi connectivity index (χ2n) is 3.03. The van der Waals surface area contributed by atoms with E-state index >= 15 is 0 Å². The molecule has 0 amide bonds. The second-order valence-corrected chi connectivity index (χ2v) is 4.42. The van der Waals surface area contributed by atoms with Gasteiger partial charge in [-0.15, -0.1) is 0 Å². The molecule has 0 aliphatic carbocycles. The highest BCUT2D eigenvalue weighted by molar-refractivity contribution is 7.86. The van der Waals surface area contributed by atoms with E-state index in [9.17, 15) is 18.5 Å². The Kier molecular flexibility index (Phi) is 3.58. The predicted molar refractivity (Wildman–Crippen MR) is 54.6 cm³/mol. The van der Waals surface area contributed by atoms with Crippen LogP contribution in [0, 0.1) is 10.1 Å². The maximum atomic E-state index is 10.9. The molecular formula is C8H9N2O5S. The largest absolute Gasteiger partial charge is 0.301 e. The van der Waals surface area contributed by atoms with Crippen LogP contribution >= 0.6 is 0 Å². The number of nitro groups is 1. The molecule has 0 fully saturated rings. The summed E-state index contributed by atoms with van der Waals surface area (Å²) >= 11 is 0. The summed E-state index contributed by atoms with van der Waals surface area (Å²) in [6.07, 6.45) is 0.264. The van der Waals surface area contributed by atoms with Crippen LogP contribution < -0.4 is 5.73 Å². The minimum Gasteiger partial charge on any atom is -0.282 e. The zero-order valence-electron chi connectivity index (χ0n) is 8.08. The average Bonchev–Trinajstić information content (AvgIpc) is 2.16. The summed E-state index contributed by atoms with van der Waals surface area (Å²) in [7, 11) is -4.62. The van der Waals surface area contributed by atoms with E-state index in [0.717, 1.165) is 12.1 Å². The van der Waals surface area contributed by atoms with E-state index in [2.05, 4.69) is 0 Å². The van der Waals surface area contributed by atoms with Crippen molar-refractivity contribution in [3.05, 3.63) is 33.9 Å². The van der Waals surface area contributed by atoms with E-state index in [-0.39, 0.29) is 13.0 Å². The third-order valence-electron chi connectivity index (χ3n) is 1.91. The lowest BCUT2D eigenvalue weighted by Crippen LogP contribution is -2.05. The molecule has 8 heteroatoms. The molecule has 0 saturated heterocycles. The summed E-state index contributed by atoms with van der Waals surface area (Å²) in [5.41, 5.74) is 6.74. The third-order valence-corrected chi connectivity index (χ3v) is 2.80. The van der Waals surface area contributed by atoms with Crippen molar-refractivity contribution in [1.82, 2.24) is 5.73 Å². The van der Waals surface area contributed by atoms with Gasteiger partial charge in [0.15, 0.2) is 4.90 Å². The number of rotatable bonds is 4. The van der Waals surface area contributed by atoms with Gasteiger partial charge in [0.2, 0.25) is 0 Å². The van der Waals surface area contributed by atoms with Gasteiger partial charge in [0.25, 0.3) is 5.69 Å². The van der Waals surface area contributed by atoms with Crippen molar-refractivity contribution < 1.29 is 17.9 Å². The highest BCUT2D eigenvalue weighted by atomic mass is 32.2. The van der Waals surface area contributed by atoms with Crippen molar-refractivity contribution in [2.45, 2.75) is 11.3 Å². The van der Waals surface area contributed by atoms with Crippen LogP contribution in [-0.2, 0) is 16.5 Å². The maximum absolute atomic E-state index is 10.9. The topological polar surface area (TPSA) is 121 Å². The molecule has 87 valence electrons. The van der Waals surface area contributed by atoms with Gasteiger partial charge >= 0.3 is 10.1 Å². The smallest absolute Gasteiger partial charge is 0.282 e. The van der Waals surface area contributed by atoms with E-state index in [4.69, 9.17) is 10.3 Å². The minimum atomic E-state index is -4.62. The van der Waals surface area contributed by atoms with Crippen LogP contribution in [0.1, 0.15) is 5.56 Å². The highest BCUT2D eigenvalue weighted by Crippen LogP contribution is 2.24. The van der Waals surface area contributed by atoms with E-state index in [1.165, 1.54) is 6.07 Å². The summed E-state index contributed by atoms with van der Waals surface area (Å²) in [6.45, 7) is 0.0305. The van der Waals surface area contributed by atoms with Crippen molar-refractivity contribution in [3.8, 4) is 0 Å². The third kappa shape index (κ3) is 2.75. The summed E-state index contributed by atoms with van der Waals surface area (Å²) in [5.74, 6) is 0. The highest BCUT2D eigenvalue weighted by Gasteiger charge is 2.23. The van der Waals surface area contributed by atoms with Crippen molar-refractivity contribution in [2.75, 3.05) is 6.54 Å². The molecule has 1 aromatic rings. The number of nitrogens with one attached hydrogen (secondary N) is 1. The van der Waals surface area contributed by atoms with Crippen LogP contribution in [0.2, 0.25) is 0 Å². The van der Waals surface area contributed by atoms with Crippen molar-refractivity contribution in [3.63, 3.8) is 0 Å². The second kappa shape index (κ2) is 4.56. The molecule has 7 nitrogen and oxygen atoms in total. The Morgan fingerprint density at radius 3 is 2.50 bits per heavy atom. The first-order chi connectivity index (χ1) is 7.36. The minimum absolute atomic E-state index is 0.0305. The van der Waals surface area contributed by atoms with Gasteiger partial charge in [-0.25, -0.2) is 0 Å². The van der Waals surface area contributed by atoms with E-state index in [0.29, 0.717) is 5.56 Å². The lowest BCUT2D eigenvalue weighted by atomic mass is 10.1. The van der Waals surface area contributed by atoms with Gasteiger partial charge in [-0.2, -0.15) is 8.42 Å². The number of hydrogen-bond donors (Lipinski definition) is 1. The molecule has 0 aliphatic heterocycles. The van der Waals surface area contributed by atoms with Gasteiger partial charge in [0, 0.05) is 12.6 Å². The van der Waals surface area contributed by atoms with Gasteiger partial charge in [-0.1, -0.05) is 6.07 Å². The van der Waals surface area contributed by atoms with Crippen LogP contribution in [0.15, 0.2) is 23.1 Å². The number of hydrogen-bond acceptors (Lipinski definition) is 4. The molecule has 0 aliphatic rings. The fourth-order valence-corrected chi connectivity index (χ4v) is 1.92. The summed E-state index contributed by atoms with van der Waals surface area (Å²) < 4.78 is 30.7. The van der Waals surface area contributed by atoms with Gasteiger partial charge in [0.1, 0.15) is 0 Å². The Hall–Kier alpha value is -1.51. The van der Waals surface area contributed by atoms with Crippen molar-refractivity contribution in [1.29, 1.82) is 0 Å². The zero-order valence-corrected chi connectivity index (χ0v) is 8.90. The Morgan fingerprint density at radius 2 is 2.06 bits per heavy atom. The standard InChI is InChI=1S/C8H9N2O5S/c9-4-3-6-1-2-7(10(11)12)8(5-6)16(13,14)15/h1-2,5,9H,3-4H2,(H,13,14,15). The van der Waals surface area contributed by atoms with E-state index < -0.39 is 25.6 Å². The summed E-state index contributed by atoms with van der Waals surface area (Å²) in [5, 5.41) is 10.5. The molecule has 0 saturated carbocycles. The van der Waals surface area contributed by atoms with Crippen molar-refractivity contribution in [2.24, 2.45) is 0 Å². The van der Waals surface area contributed by atoms with Crippen molar-refractivity contribution >= 4 is 15.8 Å². The molecule has 0 spiro atoms. The first-order valence-corrected chi connectivity index (χ1v) is 5.69. The van der Waals surface area contributed by atoms with Crippen LogP contribution in [0.4, 0.5) is 5.69 Å². The van der Waals surface area contributed by atoms with Crippen LogP contribution in [0.25, 0.3) is 0 Å². The Morgan fingerprint density at radius 1 is 1.44 bits per heavy atom. The van der Waals surface area contributed by atoms with E-state index in [1.54, 1.807) is 0 Å². The number of nitro benzene ring substituents is 1. The fraction of sp³-hybridized carbons (Fsp3) is 0.250. The first kappa shape index (κ1) is 12.6. The molecule has 0 bridgehead atoms. The molecule has 1 aromatic carbocycles. The number of benzene rings is 1. The Bertz CT molecular complexity index is 511. The molecule has 0 atom stereocenters. The van der Waals surface area contributed by atoms with Gasteiger partial charge in [-0.3, -0.25) is 20.4 Å². The lowest BCUT2D eigenvalue weighted by molar-refractivity contribution is -0.387. The molecule has 0 heterocycles. The van der Waals surface area contributed by atoms with Gasteiger partial charge in [-0.05, 0) is 18.1 Å². The summed E-state index contributed by atoms with van der Waals surface area (Å²) in [6, 6.07) is 3.39. The monoisotopic (exact) mass is 245 g/mol. The molecule has 2 N–H and O–H groups in total.